The van der Waals surface area contributed by atoms with Crippen molar-refractivity contribution in [1.29, 1.82) is 0 Å². The zero-order chi connectivity index (χ0) is 7.28. The highest BCUT2D eigenvalue weighted by Crippen LogP contribution is 2.07. The van der Waals surface area contributed by atoms with Crippen molar-refractivity contribution in [3.63, 3.8) is 0 Å². The van der Waals surface area contributed by atoms with Crippen LogP contribution >= 0.6 is 0 Å². The molecule has 0 aromatic carbocycles. The number of ketones is 1. The number of hydrogen-bond acceptors (Lipinski definition) is 1. The Hall–Kier alpha value is -0.330. The van der Waals surface area contributed by atoms with E-state index in [0.717, 1.165) is 6.42 Å². The maximum absolute atomic E-state index is 10.6. The molecule has 0 radical (unpaired) electrons. The van der Waals surface area contributed by atoms with Crippen LogP contribution in [0, 0.1) is 5.92 Å². The summed E-state index contributed by atoms with van der Waals surface area (Å²) in [5, 5.41) is 0. The highest BCUT2D eigenvalue weighted by molar-refractivity contribution is 5.77. The molecule has 0 fully saturated rings. The molecule has 0 N–H and O–H groups in total. The molecule has 0 aromatic rings. The van der Waals surface area contributed by atoms with Crippen LogP contribution in [-0.2, 0) is 4.79 Å². The van der Waals surface area contributed by atoms with Gasteiger partial charge in [0.15, 0.2) is 0 Å². The highest BCUT2D eigenvalue weighted by atomic mass is 16.1. The first kappa shape index (κ1) is 29.3. The largest absolute Gasteiger partial charge is 0.300 e. The third kappa shape index (κ3) is 18.5. The van der Waals surface area contributed by atoms with Gasteiger partial charge in [-0.05, 0) is 13.3 Å². The molecular weight excluding hydrogens is 160 g/mol. The Morgan fingerprint density at radius 1 is 1.15 bits per heavy atom. The molecule has 1 heteroatoms. The second kappa shape index (κ2) is 17.7. The van der Waals surface area contributed by atoms with Crippen molar-refractivity contribution in [3.05, 3.63) is 0 Å². The van der Waals surface area contributed by atoms with Gasteiger partial charge in [0, 0.05) is 5.92 Å². The predicted molar refractivity (Wildman–Crippen MR) is 66.3 cm³/mol. The maximum Gasteiger partial charge on any atom is 0.132 e. The fourth-order valence-corrected chi connectivity index (χ4v) is 0.714. The quantitative estimate of drug-likeness (QED) is 0.616. The molecule has 0 saturated heterocycles. The summed E-state index contributed by atoms with van der Waals surface area (Å²) in [7, 11) is 0. The monoisotopic (exact) mass is 192 g/mol. The standard InChI is InChI=1S/C8H16O.4CH4/c1-4-5-6-7(2)8(3)9;;;;/h7H,4-6H2,1-3H3;4*1H4. The molecule has 86 valence electrons. The van der Waals surface area contributed by atoms with Gasteiger partial charge >= 0.3 is 0 Å². The van der Waals surface area contributed by atoms with Crippen molar-refractivity contribution >= 4 is 5.78 Å². The average molecular weight is 192 g/mol. The van der Waals surface area contributed by atoms with Gasteiger partial charge in [0.2, 0.25) is 0 Å². The van der Waals surface area contributed by atoms with Gasteiger partial charge in [-0.2, -0.15) is 0 Å². The third-order valence-electron chi connectivity index (χ3n) is 1.68. The first-order valence-corrected chi connectivity index (χ1v) is 3.69. The van der Waals surface area contributed by atoms with E-state index in [1.165, 1.54) is 12.8 Å². The van der Waals surface area contributed by atoms with Gasteiger partial charge in [-0.25, -0.2) is 0 Å². The Labute approximate surface area is 86.9 Å². The van der Waals surface area contributed by atoms with Crippen LogP contribution < -0.4 is 0 Å². The Morgan fingerprint density at radius 3 is 1.77 bits per heavy atom. The Bertz CT molecular complexity index is 87.1. The van der Waals surface area contributed by atoms with Crippen molar-refractivity contribution in [2.45, 2.75) is 69.7 Å². The van der Waals surface area contributed by atoms with E-state index in [1.54, 1.807) is 6.92 Å². The van der Waals surface area contributed by atoms with Crippen LogP contribution in [0.3, 0.4) is 0 Å². The van der Waals surface area contributed by atoms with Crippen LogP contribution in [-0.4, -0.2) is 5.78 Å². The molecule has 0 spiro atoms. The predicted octanol–water partition coefficient (Wildman–Crippen LogP) is 4.95. The van der Waals surface area contributed by atoms with E-state index in [4.69, 9.17) is 0 Å². The van der Waals surface area contributed by atoms with Crippen molar-refractivity contribution in [1.82, 2.24) is 0 Å². The van der Waals surface area contributed by atoms with E-state index in [1.807, 2.05) is 6.92 Å². The van der Waals surface area contributed by atoms with Crippen molar-refractivity contribution in [2.75, 3.05) is 0 Å². The summed E-state index contributed by atoms with van der Waals surface area (Å²) < 4.78 is 0. The molecule has 1 unspecified atom stereocenters. The van der Waals surface area contributed by atoms with Gasteiger partial charge in [-0.3, -0.25) is 4.79 Å². The normalized spacial score (nSPS) is 9.15. The number of hydrogen-bond donors (Lipinski definition) is 0. The summed E-state index contributed by atoms with van der Waals surface area (Å²) in [5.74, 6) is 0.605. The van der Waals surface area contributed by atoms with Gasteiger partial charge in [0.25, 0.3) is 0 Å². The lowest BCUT2D eigenvalue weighted by Crippen LogP contribution is -2.05. The Morgan fingerprint density at radius 2 is 1.54 bits per heavy atom. The van der Waals surface area contributed by atoms with Crippen LogP contribution in [0.15, 0.2) is 0 Å². The molecule has 0 aliphatic heterocycles. The van der Waals surface area contributed by atoms with Gasteiger partial charge in [0.05, 0.1) is 0 Å². The molecule has 1 atom stereocenters. The van der Waals surface area contributed by atoms with E-state index < -0.39 is 0 Å². The number of carbonyl (C=O) groups is 1. The summed E-state index contributed by atoms with van der Waals surface area (Å²) in [6.45, 7) is 5.81. The fraction of sp³-hybridized carbons (Fsp3) is 0.917. The zero-order valence-electron chi connectivity index (χ0n) is 6.61. The van der Waals surface area contributed by atoms with Crippen molar-refractivity contribution in [2.24, 2.45) is 5.92 Å². The smallest absolute Gasteiger partial charge is 0.132 e. The van der Waals surface area contributed by atoms with E-state index in [2.05, 4.69) is 6.92 Å². The second-order valence-corrected chi connectivity index (χ2v) is 2.65. The Balaban J connectivity index is -0.0000000533. The van der Waals surface area contributed by atoms with E-state index >= 15 is 0 Å². The summed E-state index contributed by atoms with van der Waals surface area (Å²) in [4.78, 5) is 10.6. The molecule has 0 aromatic heterocycles. The highest BCUT2D eigenvalue weighted by Gasteiger charge is 2.04. The van der Waals surface area contributed by atoms with Crippen LogP contribution in [0.2, 0.25) is 0 Å². The SMILES string of the molecule is C.C.C.C.CCCCC(C)C(C)=O. The summed E-state index contributed by atoms with van der Waals surface area (Å²) in [6, 6.07) is 0. The average Bonchev–Trinajstić information content (AvgIpc) is 1.82. The van der Waals surface area contributed by atoms with Crippen molar-refractivity contribution in [3.8, 4) is 0 Å². The molecular formula is C12H32O. The molecule has 13 heavy (non-hydrogen) atoms. The lowest BCUT2D eigenvalue weighted by Gasteiger charge is -2.03. The van der Waals surface area contributed by atoms with Gasteiger partial charge < -0.3 is 0 Å². The van der Waals surface area contributed by atoms with E-state index in [9.17, 15) is 4.79 Å². The third-order valence-corrected chi connectivity index (χ3v) is 1.68. The first-order chi connectivity index (χ1) is 4.18. The van der Waals surface area contributed by atoms with Gasteiger partial charge in [-0.1, -0.05) is 56.4 Å². The number of Topliss-reactive ketones (excluding diaryl/α,β-unsaturated/α-hetero) is 1. The molecule has 0 rings (SSSR count). The molecule has 1 nitrogen and oxygen atoms in total. The minimum absolute atomic E-state index is 0. The summed E-state index contributed by atoms with van der Waals surface area (Å²) in [5.41, 5.74) is 0. The van der Waals surface area contributed by atoms with Gasteiger partial charge in [0.1, 0.15) is 5.78 Å². The van der Waals surface area contributed by atoms with Gasteiger partial charge in [-0.15, -0.1) is 0 Å². The number of unbranched alkanes of at least 4 members (excludes halogenated alkanes) is 1. The fourth-order valence-electron chi connectivity index (χ4n) is 0.714. The summed E-state index contributed by atoms with van der Waals surface area (Å²) in [6.07, 6.45) is 3.43. The Kier molecular flexibility index (Phi) is 39.9. The lowest BCUT2D eigenvalue weighted by atomic mass is 10.0. The van der Waals surface area contributed by atoms with Crippen LogP contribution in [0.4, 0.5) is 0 Å². The molecule has 0 aliphatic rings. The minimum atomic E-state index is 0. The molecule has 0 aliphatic carbocycles. The molecule has 0 heterocycles. The molecule has 0 bridgehead atoms. The number of rotatable bonds is 4. The number of carbonyl (C=O) groups excluding carboxylic acids is 1. The minimum Gasteiger partial charge on any atom is -0.300 e. The van der Waals surface area contributed by atoms with Crippen LogP contribution in [0.25, 0.3) is 0 Å². The summed E-state index contributed by atoms with van der Waals surface area (Å²) >= 11 is 0. The van der Waals surface area contributed by atoms with E-state index in [0.29, 0.717) is 5.78 Å². The topological polar surface area (TPSA) is 17.1 Å². The van der Waals surface area contributed by atoms with Crippen molar-refractivity contribution < 1.29 is 4.79 Å². The molecule has 0 amide bonds. The zero-order valence-corrected chi connectivity index (χ0v) is 6.61. The maximum atomic E-state index is 10.6. The molecule has 0 saturated carbocycles. The second-order valence-electron chi connectivity index (χ2n) is 2.65. The van der Waals surface area contributed by atoms with Crippen LogP contribution in [0.5, 0.6) is 0 Å². The van der Waals surface area contributed by atoms with E-state index in [-0.39, 0.29) is 35.6 Å². The lowest BCUT2D eigenvalue weighted by molar-refractivity contribution is -0.120. The first-order valence-electron chi connectivity index (χ1n) is 3.69. The van der Waals surface area contributed by atoms with Crippen LogP contribution in [0.1, 0.15) is 69.7 Å².